The second-order valence-corrected chi connectivity index (χ2v) is 9.17. The van der Waals surface area contributed by atoms with Crippen molar-refractivity contribution in [1.82, 2.24) is 15.2 Å². The minimum absolute atomic E-state index is 0.165. The molecule has 2 amide bonds. The van der Waals surface area contributed by atoms with E-state index in [1.807, 2.05) is 0 Å². The lowest BCUT2D eigenvalue weighted by Crippen LogP contribution is -2.80. The van der Waals surface area contributed by atoms with Gasteiger partial charge in [-0.15, -0.1) is 11.8 Å². The van der Waals surface area contributed by atoms with Crippen LogP contribution in [0.3, 0.4) is 0 Å². The maximum Gasteiger partial charge on any atom is 0.370 e. The van der Waals surface area contributed by atoms with E-state index in [9.17, 15) is 33.5 Å². The van der Waals surface area contributed by atoms with Crippen LogP contribution in [0.5, 0.6) is 0 Å². The Morgan fingerprint density at radius 1 is 1.39 bits per heavy atom. The fraction of sp³-hybridized carbons (Fsp3) is 0.438. The Morgan fingerprint density at radius 2 is 2.12 bits per heavy atom. The summed E-state index contributed by atoms with van der Waals surface area (Å²) in [5.74, 6) is -6.27. The Morgan fingerprint density at radius 3 is 2.73 bits per heavy atom. The minimum Gasteiger partial charge on any atom is -0.479 e. The maximum atomic E-state index is 14.2. The van der Waals surface area contributed by atoms with E-state index < -0.39 is 75.9 Å². The van der Waals surface area contributed by atoms with E-state index in [-0.39, 0.29) is 17.3 Å². The molecule has 4 heterocycles. The number of nitrogens with one attached hydrogen (secondary N) is 1. The smallest absolute Gasteiger partial charge is 0.370 e. The molecule has 0 aliphatic carbocycles. The van der Waals surface area contributed by atoms with E-state index in [1.165, 1.54) is 0 Å². The second-order valence-electron chi connectivity index (χ2n) is 7.04. The number of fused-ring (bicyclic) bond motifs is 3. The van der Waals surface area contributed by atoms with Crippen LogP contribution in [0, 0.1) is 11.0 Å². The molecule has 4 atom stereocenters. The van der Waals surface area contributed by atoms with E-state index in [2.05, 4.69) is 20.3 Å². The Balaban J connectivity index is 1.57. The van der Waals surface area contributed by atoms with Gasteiger partial charge in [0.15, 0.2) is 10.8 Å². The summed E-state index contributed by atoms with van der Waals surface area (Å²) in [5, 5.41) is 21.9. The number of nitrogens with zero attached hydrogens (tertiary/aromatic N) is 3. The molecule has 33 heavy (non-hydrogen) atoms. The Hall–Kier alpha value is -3.47. The van der Waals surface area contributed by atoms with Crippen molar-refractivity contribution in [1.29, 1.82) is 0 Å². The number of thioether (sulfide) groups is 1. The molecule has 3 saturated heterocycles. The number of halogens is 1. The standard InChI is InChI=1S/C16H14FN5O9S2/c17-10-7(20-15(18)33-10)8(21-30-2-5(23)24)11(26)19-9-12(27)22-13(9)32-3-4-1-6(25)31-16(4,22)14(28)29/h4,9,13H,1-3H2,(H2,18,20)(H,19,26)(H,23,24)(H,28,29)/b21-8-/t4-,9+,13+,16+/m0/s1. The SMILES string of the molecule is Nc1nc(/C(=N/OCC(=O)O)C(=O)N[C@@H]2C(=O)N3[C@@H]2SC[C@@H]2CC(=O)O[C@@]23C(=O)O)c(F)s1. The number of carbonyl (C=O) groups is 5. The number of β-lactam (4-membered cyclic amide) rings is 1. The van der Waals surface area contributed by atoms with Crippen LogP contribution in [0.15, 0.2) is 5.16 Å². The first-order valence-corrected chi connectivity index (χ1v) is 11.0. The molecule has 3 aliphatic heterocycles. The number of hydrogen-bond donors (Lipinski definition) is 4. The van der Waals surface area contributed by atoms with Gasteiger partial charge in [0.25, 0.3) is 17.5 Å². The van der Waals surface area contributed by atoms with Gasteiger partial charge in [0, 0.05) is 11.7 Å². The number of aromatic nitrogens is 1. The Labute approximate surface area is 190 Å². The van der Waals surface area contributed by atoms with Crippen LogP contribution in [0.25, 0.3) is 0 Å². The predicted molar refractivity (Wildman–Crippen MR) is 106 cm³/mol. The van der Waals surface area contributed by atoms with Gasteiger partial charge in [0.05, 0.1) is 6.42 Å². The fourth-order valence-electron chi connectivity index (χ4n) is 3.73. The van der Waals surface area contributed by atoms with Crippen LogP contribution in [0.2, 0.25) is 0 Å². The topological polar surface area (TPSA) is 211 Å². The van der Waals surface area contributed by atoms with Crippen molar-refractivity contribution in [2.24, 2.45) is 11.1 Å². The molecule has 1 aromatic heterocycles. The number of nitrogens with two attached hydrogens (primary N) is 1. The third-order valence-corrected chi connectivity index (χ3v) is 7.18. The Kier molecular flexibility index (Phi) is 5.61. The highest BCUT2D eigenvalue weighted by Gasteiger charge is 2.71. The van der Waals surface area contributed by atoms with Crippen molar-refractivity contribution >= 4 is 63.7 Å². The molecule has 0 bridgehead atoms. The maximum absolute atomic E-state index is 14.2. The van der Waals surface area contributed by atoms with Gasteiger partial charge in [0.2, 0.25) is 11.7 Å². The molecule has 1 aromatic rings. The summed E-state index contributed by atoms with van der Waals surface area (Å²) in [6.45, 7) is -0.944. The molecular weight excluding hydrogens is 489 g/mol. The number of carboxylic acids is 2. The molecule has 0 saturated carbocycles. The highest BCUT2D eigenvalue weighted by Crippen LogP contribution is 2.51. The molecule has 14 nitrogen and oxygen atoms in total. The highest BCUT2D eigenvalue weighted by molar-refractivity contribution is 8.00. The van der Waals surface area contributed by atoms with E-state index in [1.54, 1.807) is 0 Å². The first-order chi connectivity index (χ1) is 15.6. The molecule has 4 rings (SSSR count). The number of ether oxygens (including phenoxy) is 1. The quantitative estimate of drug-likeness (QED) is 0.144. The van der Waals surface area contributed by atoms with Gasteiger partial charge in [-0.05, 0) is 0 Å². The van der Waals surface area contributed by atoms with Crippen molar-refractivity contribution in [3.63, 3.8) is 0 Å². The van der Waals surface area contributed by atoms with Crippen molar-refractivity contribution in [3.8, 4) is 0 Å². The number of hydrogen-bond acceptors (Lipinski definition) is 12. The van der Waals surface area contributed by atoms with Gasteiger partial charge >= 0.3 is 17.9 Å². The summed E-state index contributed by atoms with van der Waals surface area (Å²) in [6, 6.07) is -1.26. The highest BCUT2D eigenvalue weighted by atomic mass is 32.2. The lowest BCUT2D eigenvalue weighted by atomic mass is 9.89. The van der Waals surface area contributed by atoms with Gasteiger partial charge in [-0.25, -0.2) is 14.6 Å². The van der Waals surface area contributed by atoms with Crippen LogP contribution in [0.4, 0.5) is 9.52 Å². The third kappa shape index (κ3) is 3.62. The van der Waals surface area contributed by atoms with Gasteiger partial charge in [0.1, 0.15) is 17.1 Å². The number of carboxylic acid groups (broad SMARTS) is 2. The zero-order valence-corrected chi connectivity index (χ0v) is 17.9. The number of nitrogen functional groups attached to an aromatic ring is 1. The Bertz CT molecular complexity index is 1110. The number of oxime groups is 1. The molecule has 3 fully saturated rings. The summed E-state index contributed by atoms with van der Waals surface area (Å²) in [5.41, 5.74) is 1.88. The predicted octanol–water partition coefficient (Wildman–Crippen LogP) is -1.59. The number of aliphatic carboxylic acids is 2. The largest absolute Gasteiger partial charge is 0.479 e. The number of carbonyl (C=O) groups excluding carboxylic acids is 3. The van der Waals surface area contributed by atoms with E-state index in [0.29, 0.717) is 11.3 Å². The normalized spacial score (nSPS) is 28.3. The van der Waals surface area contributed by atoms with Gasteiger partial charge in [-0.3, -0.25) is 19.3 Å². The van der Waals surface area contributed by atoms with Gasteiger partial charge in [-0.2, -0.15) is 4.39 Å². The van der Waals surface area contributed by atoms with Crippen molar-refractivity contribution in [3.05, 3.63) is 10.8 Å². The summed E-state index contributed by atoms with van der Waals surface area (Å²) < 4.78 is 19.2. The molecule has 0 unspecified atom stereocenters. The van der Waals surface area contributed by atoms with Gasteiger partial charge in [-0.1, -0.05) is 16.5 Å². The molecule has 176 valence electrons. The number of esters is 1. The number of thiazole rings is 1. The van der Waals surface area contributed by atoms with Crippen LogP contribution < -0.4 is 11.1 Å². The fourth-order valence-corrected chi connectivity index (χ4v) is 5.85. The van der Waals surface area contributed by atoms with E-state index >= 15 is 0 Å². The first kappa shape index (κ1) is 22.7. The van der Waals surface area contributed by atoms with Crippen molar-refractivity contribution < 1.29 is 48.2 Å². The number of anilines is 1. The summed E-state index contributed by atoms with van der Waals surface area (Å²) >= 11 is 1.54. The average Bonchev–Trinajstić information content (AvgIpc) is 3.25. The first-order valence-electron chi connectivity index (χ1n) is 9.11. The molecule has 3 aliphatic rings. The van der Waals surface area contributed by atoms with Gasteiger partial charge < -0.3 is 30.8 Å². The van der Waals surface area contributed by atoms with Crippen molar-refractivity contribution in [2.75, 3.05) is 18.1 Å². The molecule has 0 aromatic carbocycles. The molecular formula is C16H14FN5O9S2. The second kappa shape index (κ2) is 8.14. The van der Waals surface area contributed by atoms with Crippen molar-refractivity contribution in [2.45, 2.75) is 23.6 Å². The molecule has 0 radical (unpaired) electrons. The zero-order valence-electron chi connectivity index (χ0n) is 16.2. The van der Waals surface area contributed by atoms with E-state index in [4.69, 9.17) is 15.6 Å². The number of amides is 2. The van der Waals surface area contributed by atoms with Crippen LogP contribution in [0.1, 0.15) is 12.1 Å². The lowest BCUT2D eigenvalue weighted by Gasteiger charge is -2.56. The summed E-state index contributed by atoms with van der Waals surface area (Å²) in [7, 11) is 0. The van der Waals surface area contributed by atoms with Crippen LogP contribution >= 0.6 is 23.1 Å². The van der Waals surface area contributed by atoms with E-state index in [0.717, 1.165) is 16.7 Å². The molecule has 5 N–H and O–H groups in total. The monoisotopic (exact) mass is 503 g/mol. The number of rotatable bonds is 7. The van der Waals surface area contributed by atoms with Crippen LogP contribution in [-0.4, -0.2) is 85.0 Å². The lowest BCUT2D eigenvalue weighted by molar-refractivity contribution is -0.215. The van der Waals surface area contributed by atoms with Crippen LogP contribution in [-0.2, 0) is 33.5 Å². The third-order valence-electron chi connectivity index (χ3n) is 5.08. The summed E-state index contributed by atoms with van der Waals surface area (Å²) in [4.78, 5) is 69.0. The zero-order chi connectivity index (χ0) is 24.1. The molecule has 17 heteroatoms. The summed E-state index contributed by atoms with van der Waals surface area (Å²) in [6.07, 6.45) is -0.172. The molecule has 0 spiro atoms. The minimum atomic E-state index is -2.16. The average molecular weight is 503 g/mol.